The second-order valence-corrected chi connectivity index (χ2v) is 9.85. The summed E-state index contributed by atoms with van der Waals surface area (Å²) in [6, 6.07) is 12.2. The maximum atomic E-state index is 13.3. The number of benzene rings is 2. The summed E-state index contributed by atoms with van der Waals surface area (Å²) < 4.78 is 41.6. The van der Waals surface area contributed by atoms with Crippen molar-refractivity contribution < 1.29 is 17.6 Å². The van der Waals surface area contributed by atoms with E-state index in [1.165, 1.54) is 24.3 Å². The van der Waals surface area contributed by atoms with E-state index in [4.69, 9.17) is 0 Å². The zero-order valence-electron chi connectivity index (χ0n) is 17.2. The highest BCUT2D eigenvalue weighted by Crippen LogP contribution is 2.44. The first-order valence-corrected chi connectivity index (χ1v) is 12.1. The Labute approximate surface area is 182 Å². The third-order valence-corrected chi connectivity index (χ3v) is 7.45. The van der Waals surface area contributed by atoms with Crippen molar-refractivity contribution in [2.24, 2.45) is 4.99 Å². The standard InChI is InChI=1S/C23H26FN3O3S/c24-18-11-9-17(10-12-18)23(13-5-14-23)22(28)26-19-6-4-7-20(16-19)31(29,30)27-21-8-2-1-3-15-25-21/h4,6-7,9-12,16H,1-3,5,8,13-15H2,(H,25,27)(H,26,28). The minimum Gasteiger partial charge on any atom is -0.325 e. The molecule has 6 nitrogen and oxygen atoms in total. The van der Waals surface area contributed by atoms with Crippen molar-refractivity contribution >= 4 is 27.5 Å². The van der Waals surface area contributed by atoms with E-state index in [0.29, 0.717) is 37.3 Å². The number of hydrogen-bond acceptors (Lipinski definition) is 4. The van der Waals surface area contributed by atoms with Gasteiger partial charge in [-0.15, -0.1) is 0 Å². The number of carbonyl (C=O) groups is 1. The lowest BCUT2D eigenvalue weighted by molar-refractivity contribution is -0.124. The lowest BCUT2D eigenvalue weighted by atomic mass is 9.64. The molecule has 1 saturated carbocycles. The SMILES string of the molecule is O=C(Nc1cccc(S(=O)(=O)NC2=NCCCCC2)c1)C1(c2ccc(F)cc2)CCC1. The Balaban J connectivity index is 1.52. The molecule has 1 aliphatic heterocycles. The highest BCUT2D eigenvalue weighted by atomic mass is 32.2. The largest absolute Gasteiger partial charge is 0.325 e. The number of aliphatic imine (C=N–C) groups is 1. The van der Waals surface area contributed by atoms with Gasteiger partial charge in [0.1, 0.15) is 11.7 Å². The zero-order valence-corrected chi connectivity index (χ0v) is 18.1. The smallest absolute Gasteiger partial charge is 0.262 e. The third-order valence-electron chi connectivity index (χ3n) is 6.07. The van der Waals surface area contributed by atoms with Crippen molar-refractivity contribution in [1.29, 1.82) is 0 Å². The molecule has 0 atom stereocenters. The van der Waals surface area contributed by atoms with Crippen LogP contribution in [-0.4, -0.2) is 26.7 Å². The molecule has 1 aliphatic carbocycles. The van der Waals surface area contributed by atoms with Crippen molar-refractivity contribution in [3.63, 3.8) is 0 Å². The number of amidine groups is 1. The van der Waals surface area contributed by atoms with E-state index in [1.54, 1.807) is 24.3 Å². The lowest BCUT2D eigenvalue weighted by Crippen LogP contribution is -2.46. The molecular formula is C23H26FN3O3S. The first-order chi connectivity index (χ1) is 14.9. The molecule has 0 aromatic heterocycles. The number of sulfonamides is 1. The lowest BCUT2D eigenvalue weighted by Gasteiger charge is -2.40. The quantitative estimate of drug-likeness (QED) is 0.728. The van der Waals surface area contributed by atoms with Gasteiger partial charge in [0, 0.05) is 18.7 Å². The number of carbonyl (C=O) groups excluding carboxylic acids is 1. The van der Waals surface area contributed by atoms with Gasteiger partial charge in [-0.2, -0.15) is 0 Å². The summed E-state index contributed by atoms with van der Waals surface area (Å²) in [6.45, 7) is 0.624. The minimum atomic E-state index is -3.79. The summed E-state index contributed by atoms with van der Waals surface area (Å²) in [6.07, 6.45) is 5.76. The summed E-state index contributed by atoms with van der Waals surface area (Å²) in [7, 11) is -3.79. The van der Waals surface area contributed by atoms with Gasteiger partial charge in [-0.05, 0) is 61.6 Å². The second kappa shape index (κ2) is 8.78. The van der Waals surface area contributed by atoms with Crippen molar-refractivity contribution in [1.82, 2.24) is 4.72 Å². The Morgan fingerprint density at radius 1 is 1.00 bits per heavy atom. The van der Waals surface area contributed by atoms with Crippen LogP contribution in [0, 0.1) is 5.82 Å². The average molecular weight is 444 g/mol. The van der Waals surface area contributed by atoms with Gasteiger partial charge in [0.2, 0.25) is 5.91 Å². The van der Waals surface area contributed by atoms with Crippen LogP contribution in [0.4, 0.5) is 10.1 Å². The van der Waals surface area contributed by atoms with Gasteiger partial charge in [0.15, 0.2) is 0 Å². The number of amides is 1. The maximum Gasteiger partial charge on any atom is 0.262 e. The number of nitrogens with zero attached hydrogens (tertiary/aromatic N) is 1. The molecule has 1 amide bonds. The summed E-state index contributed by atoms with van der Waals surface area (Å²) in [4.78, 5) is 17.5. The van der Waals surface area contributed by atoms with Crippen LogP contribution in [0.5, 0.6) is 0 Å². The van der Waals surface area contributed by atoms with Gasteiger partial charge in [0.05, 0.1) is 10.3 Å². The summed E-state index contributed by atoms with van der Waals surface area (Å²) in [5, 5.41) is 2.87. The average Bonchev–Trinajstić information content (AvgIpc) is 2.97. The van der Waals surface area contributed by atoms with Crippen LogP contribution in [0.25, 0.3) is 0 Å². The molecule has 2 aromatic carbocycles. The molecule has 0 unspecified atom stereocenters. The van der Waals surface area contributed by atoms with E-state index in [1.807, 2.05) is 0 Å². The van der Waals surface area contributed by atoms with E-state index in [2.05, 4.69) is 15.0 Å². The number of hydrogen-bond donors (Lipinski definition) is 2. The predicted molar refractivity (Wildman–Crippen MR) is 118 cm³/mol. The maximum absolute atomic E-state index is 13.3. The first kappa shape index (κ1) is 21.5. The molecule has 2 aliphatic rings. The van der Waals surface area contributed by atoms with E-state index in [0.717, 1.165) is 31.2 Å². The molecule has 0 bridgehead atoms. The summed E-state index contributed by atoms with van der Waals surface area (Å²) in [5.41, 5.74) is 0.467. The molecule has 164 valence electrons. The third kappa shape index (κ3) is 4.63. The topological polar surface area (TPSA) is 87.6 Å². The van der Waals surface area contributed by atoms with Crippen LogP contribution in [-0.2, 0) is 20.2 Å². The second-order valence-electron chi connectivity index (χ2n) is 8.17. The molecule has 0 radical (unpaired) electrons. The summed E-state index contributed by atoms with van der Waals surface area (Å²) >= 11 is 0. The predicted octanol–water partition coefficient (Wildman–Crippen LogP) is 4.14. The van der Waals surface area contributed by atoms with E-state index in [-0.39, 0.29) is 16.6 Å². The van der Waals surface area contributed by atoms with Gasteiger partial charge in [-0.3, -0.25) is 14.5 Å². The van der Waals surface area contributed by atoms with Gasteiger partial charge in [-0.1, -0.05) is 31.0 Å². The number of nitrogens with one attached hydrogen (secondary N) is 2. The Kier molecular flexibility index (Phi) is 6.09. The van der Waals surface area contributed by atoms with Gasteiger partial charge < -0.3 is 5.32 Å². The molecule has 0 saturated heterocycles. The zero-order chi connectivity index (χ0) is 21.9. The van der Waals surface area contributed by atoms with Crippen molar-refractivity contribution in [3.05, 3.63) is 59.9 Å². The molecule has 4 rings (SSSR count). The fourth-order valence-electron chi connectivity index (χ4n) is 4.11. The summed E-state index contributed by atoms with van der Waals surface area (Å²) in [5.74, 6) is -0.0695. The highest BCUT2D eigenvalue weighted by Gasteiger charge is 2.45. The Bertz CT molecular complexity index is 1090. The van der Waals surface area contributed by atoms with Crippen molar-refractivity contribution in [2.45, 2.75) is 55.3 Å². The fourth-order valence-corrected chi connectivity index (χ4v) is 5.24. The molecule has 0 spiro atoms. The minimum absolute atomic E-state index is 0.0710. The van der Waals surface area contributed by atoms with E-state index >= 15 is 0 Å². The first-order valence-electron chi connectivity index (χ1n) is 10.6. The molecule has 31 heavy (non-hydrogen) atoms. The van der Waals surface area contributed by atoms with Crippen molar-refractivity contribution in [2.75, 3.05) is 11.9 Å². The Morgan fingerprint density at radius 2 is 1.77 bits per heavy atom. The van der Waals surface area contributed by atoms with Crippen LogP contribution in [0.1, 0.15) is 50.5 Å². The monoisotopic (exact) mass is 443 g/mol. The van der Waals surface area contributed by atoms with Crippen LogP contribution >= 0.6 is 0 Å². The van der Waals surface area contributed by atoms with Crippen LogP contribution in [0.2, 0.25) is 0 Å². The van der Waals surface area contributed by atoms with E-state index < -0.39 is 15.4 Å². The fraction of sp³-hybridized carbons (Fsp3) is 0.391. The van der Waals surface area contributed by atoms with Gasteiger partial charge in [-0.25, -0.2) is 12.8 Å². The van der Waals surface area contributed by atoms with Crippen LogP contribution < -0.4 is 10.0 Å². The number of halogens is 1. The van der Waals surface area contributed by atoms with Gasteiger partial charge >= 0.3 is 0 Å². The molecule has 2 aromatic rings. The highest BCUT2D eigenvalue weighted by molar-refractivity contribution is 7.90. The van der Waals surface area contributed by atoms with E-state index in [9.17, 15) is 17.6 Å². The van der Waals surface area contributed by atoms with Gasteiger partial charge in [0.25, 0.3) is 10.0 Å². The molecule has 1 fully saturated rings. The molecule has 2 N–H and O–H groups in total. The van der Waals surface area contributed by atoms with Crippen LogP contribution in [0.15, 0.2) is 58.4 Å². The Hall–Kier alpha value is -2.74. The number of rotatable bonds is 5. The number of anilines is 1. The van der Waals surface area contributed by atoms with Crippen molar-refractivity contribution in [3.8, 4) is 0 Å². The Morgan fingerprint density at radius 3 is 2.48 bits per heavy atom. The molecule has 8 heteroatoms. The molecule has 1 heterocycles. The molecular weight excluding hydrogens is 417 g/mol. The van der Waals surface area contributed by atoms with Crippen LogP contribution in [0.3, 0.4) is 0 Å². The normalized spacial score (nSPS) is 18.3.